The van der Waals surface area contributed by atoms with Crippen LogP contribution in [0.25, 0.3) is 0 Å². The average Bonchev–Trinajstić information content (AvgIpc) is 2.99. The van der Waals surface area contributed by atoms with Crippen molar-refractivity contribution < 1.29 is 9.59 Å². The third kappa shape index (κ3) is 3.88. The molecule has 2 heterocycles. The zero-order chi connectivity index (χ0) is 19.7. The highest BCUT2D eigenvalue weighted by Gasteiger charge is 2.49. The summed E-state index contributed by atoms with van der Waals surface area (Å²) >= 11 is 11.1. The van der Waals surface area contributed by atoms with Gasteiger partial charge in [0.2, 0.25) is 5.91 Å². The highest BCUT2D eigenvalue weighted by molar-refractivity contribution is 9.10. The molecule has 0 aromatic heterocycles. The van der Waals surface area contributed by atoms with Crippen molar-refractivity contribution in [3.8, 4) is 0 Å². The summed E-state index contributed by atoms with van der Waals surface area (Å²) in [5.74, 6) is 0.576. The predicted molar refractivity (Wildman–Crippen MR) is 118 cm³/mol. The molecule has 2 aromatic carbocycles. The van der Waals surface area contributed by atoms with Gasteiger partial charge in [-0.15, -0.1) is 11.8 Å². The lowest BCUT2D eigenvalue weighted by Gasteiger charge is -2.43. The molecule has 0 bridgehead atoms. The number of hydrogen-bond acceptors (Lipinski definition) is 3. The number of carbonyl (C=O) groups is 2. The van der Waals surface area contributed by atoms with Gasteiger partial charge >= 0.3 is 6.03 Å². The van der Waals surface area contributed by atoms with Crippen molar-refractivity contribution >= 4 is 62.6 Å². The van der Waals surface area contributed by atoms with Gasteiger partial charge in [0.25, 0.3) is 0 Å². The van der Waals surface area contributed by atoms with Crippen molar-refractivity contribution in [2.75, 3.05) is 29.1 Å². The van der Waals surface area contributed by atoms with Gasteiger partial charge in [0, 0.05) is 34.0 Å². The first kappa shape index (κ1) is 19.6. The second-order valence-corrected chi connectivity index (χ2v) is 9.56. The lowest BCUT2D eigenvalue weighted by atomic mass is 10.0. The summed E-state index contributed by atoms with van der Waals surface area (Å²) in [7, 11) is 0. The van der Waals surface area contributed by atoms with Crippen LogP contribution in [0.1, 0.15) is 12.8 Å². The first-order chi connectivity index (χ1) is 13.5. The topological polar surface area (TPSA) is 52.7 Å². The number of hydrogen-bond donors (Lipinski definition) is 1. The lowest BCUT2D eigenvalue weighted by molar-refractivity contribution is -0.116. The van der Waals surface area contributed by atoms with Gasteiger partial charge in [-0.1, -0.05) is 33.6 Å². The molecule has 28 heavy (non-hydrogen) atoms. The molecule has 2 aromatic rings. The van der Waals surface area contributed by atoms with Crippen molar-refractivity contribution in [3.05, 3.63) is 58.0 Å². The van der Waals surface area contributed by atoms with Crippen molar-refractivity contribution in [2.45, 2.75) is 17.7 Å². The fourth-order valence-electron chi connectivity index (χ4n) is 3.72. The first-order valence-corrected chi connectivity index (χ1v) is 11.2. The van der Waals surface area contributed by atoms with Crippen LogP contribution in [0.3, 0.4) is 0 Å². The molecule has 146 valence electrons. The van der Waals surface area contributed by atoms with Gasteiger partial charge in [0.05, 0.1) is 10.6 Å². The average molecular weight is 481 g/mol. The third-order valence-electron chi connectivity index (χ3n) is 5.11. The maximum Gasteiger partial charge on any atom is 0.321 e. The van der Waals surface area contributed by atoms with Gasteiger partial charge in [0.1, 0.15) is 0 Å². The monoisotopic (exact) mass is 479 g/mol. The zero-order valence-corrected chi connectivity index (χ0v) is 18.2. The Bertz CT molecular complexity index is 901. The summed E-state index contributed by atoms with van der Waals surface area (Å²) in [6.07, 6.45) is 1.47. The Morgan fingerprint density at radius 3 is 2.54 bits per heavy atom. The smallest absolute Gasteiger partial charge is 0.321 e. The van der Waals surface area contributed by atoms with Gasteiger partial charge in [-0.3, -0.25) is 9.69 Å². The third-order valence-corrected chi connectivity index (χ3v) is 7.38. The summed E-state index contributed by atoms with van der Waals surface area (Å²) in [4.78, 5) is 28.7. The number of nitrogens with zero attached hydrogens (tertiary/aromatic N) is 2. The number of halogens is 2. The van der Waals surface area contributed by atoms with Crippen LogP contribution >= 0.6 is 39.3 Å². The van der Waals surface area contributed by atoms with Gasteiger partial charge in [-0.2, -0.15) is 0 Å². The van der Waals surface area contributed by atoms with Crippen molar-refractivity contribution in [1.29, 1.82) is 0 Å². The molecule has 0 saturated carbocycles. The van der Waals surface area contributed by atoms with Crippen LogP contribution in [-0.4, -0.2) is 40.6 Å². The molecule has 2 aliphatic heterocycles. The summed E-state index contributed by atoms with van der Waals surface area (Å²) < 4.78 is 0.919. The standard InChI is InChI=1S/C20H19BrClN3O2S/c21-14-2-1-3-16(12-14)23-19(27)24-10-8-20(9-11-24)25(18(26)13-28-20)17-6-4-15(22)5-7-17/h1-7,12H,8-11,13H2,(H,23,27). The minimum absolute atomic E-state index is 0.111. The zero-order valence-electron chi connectivity index (χ0n) is 15.0. The molecule has 2 aliphatic rings. The van der Waals surface area contributed by atoms with Crippen molar-refractivity contribution in [2.24, 2.45) is 0 Å². The van der Waals surface area contributed by atoms with Gasteiger partial charge in [0.15, 0.2) is 0 Å². The molecule has 0 atom stereocenters. The van der Waals surface area contributed by atoms with E-state index in [0.29, 0.717) is 23.9 Å². The first-order valence-electron chi connectivity index (χ1n) is 9.01. The molecular formula is C20H19BrClN3O2S. The number of piperidine rings is 1. The molecular weight excluding hydrogens is 462 g/mol. The van der Waals surface area contributed by atoms with Gasteiger partial charge in [-0.05, 0) is 55.3 Å². The van der Waals surface area contributed by atoms with E-state index in [-0.39, 0.29) is 16.8 Å². The van der Waals surface area contributed by atoms with E-state index in [2.05, 4.69) is 21.2 Å². The minimum atomic E-state index is -0.294. The molecule has 5 nitrogen and oxygen atoms in total. The Morgan fingerprint density at radius 1 is 1.14 bits per heavy atom. The molecule has 0 radical (unpaired) electrons. The van der Waals surface area contributed by atoms with Gasteiger partial charge < -0.3 is 10.2 Å². The van der Waals surface area contributed by atoms with Crippen LogP contribution < -0.4 is 10.2 Å². The number of carbonyl (C=O) groups excluding carboxylic acids is 2. The maximum absolute atomic E-state index is 12.6. The van der Waals surface area contributed by atoms with Crippen LogP contribution in [0, 0.1) is 0 Å². The molecule has 4 rings (SSSR count). The Hall–Kier alpha value is -1.70. The van der Waals surface area contributed by atoms with E-state index in [9.17, 15) is 9.59 Å². The van der Waals surface area contributed by atoms with E-state index in [0.717, 1.165) is 28.7 Å². The SMILES string of the molecule is O=C(Nc1cccc(Br)c1)N1CCC2(CC1)SCC(=O)N2c1ccc(Cl)cc1. The van der Waals surface area contributed by atoms with Crippen molar-refractivity contribution in [1.82, 2.24) is 4.90 Å². The molecule has 2 fully saturated rings. The number of likely N-dealkylation sites (tertiary alicyclic amines) is 1. The predicted octanol–water partition coefficient (Wildman–Crippen LogP) is 5.21. The molecule has 2 saturated heterocycles. The number of benzene rings is 2. The van der Waals surface area contributed by atoms with Crippen LogP contribution in [-0.2, 0) is 4.79 Å². The number of amides is 3. The molecule has 8 heteroatoms. The summed E-state index contributed by atoms with van der Waals surface area (Å²) in [6, 6.07) is 14.8. The van der Waals surface area contributed by atoms with E-state index < -0.39 is 0 Å². The summed E-state index contributed by atoms with van der Waals surface area (Å²) in [5.41, 5.74) is 1.62. The highest BCUT2D eigenvalue weighted by Crippen LogP contribution is 2.46. The quantitative estimate of drug-likeness (QED) is 0.642. The second-order valence-electron chi connectivity index (χ2n) is 6.87. The van der Waals surface area contributed by atoms with Crippen LogP contribution in [0.5, 0.6) is 0 Å². The Morgan fingerprint density at radius 2 is 1.86 bits per heavy atom. The van der Waals surface area contributed by atoms with Gasteiger partial charge in [-0.25, -0.2) is 4.79 Å². The number of thioether (sulfide) groups is 1. The molecule has 0 aliphatic carbocycles. The number of rotatable bonds is 2. The van der Waals surface area contributed by atoms with E-state index in [1.807, 2.05) is 46.2 Å². The Kier molecular flexibility index (Phi) is 5.58. The van der Waals surface area contributed by atoms with Crippen molar-refractivity contribution in [3.63, 3.8) is 0 Å². The number of anilines is 2. The molecule has 3 amide bonds. The fourth-order valence-corrected chi connectivity index (χ4v) is 5.57. The molecule has 1 N–H and O–H groups in total. The normalized spacial score (nSPS) is 18.6. The number of urea groups is 1. The minimum Gasteiger partial charge on any atom is -0.324 e. The number of nitrogens with one attached hydrogen (secondary N) is 1. The van der Waals surface area contributed by atoms with Crippen LogP contribution in [0.4, 0.5) is 16.2 Å². The summed E-state index contributed by atoms with van der Waals surface area (Å²) in [6.45, 7) is 1.20. The Balaban J connectivity index is 1.45. The van der Waals surface area contributed by atoms with Crippen LogP contribution in [0.15, 0.2) is 53.0 Å². The maximum atomic E-state index is 12.6. The fraction of sp³-hybridized carbons (Fsp3) is 0.300. The summed E-state index contributed by atoms with van der Waals surface area (Å²) in [5, 5.41) is 3.59. The second kappa shape index (κ2) is 7.97. The van der Waals surface area contributed by atoms with Crippen LogP contribution in [0.2, 0.25) is 5.02 Å². The molecule has 1 spiro atoms. The highest BCUT2D eigenvalue weighted by atomic mass is 79.9. The van der Waals surface area contributed by atoms with E-state index >= 15 is 0 Å². The van der Waals surface area contributed by atoms with E-state index in [1.54, 1.807) is 23.9 Å². The largest absolute Gasteiger partial charge is 0.324 e. The van der Waals surface area contributed by atoms with E-state index in [1.165, 1.54) is 0 Å². The lowest BCUT2D eigenvalue weighted by Crippen LogP contribution is -2.53. The molecule has 0 unspecified atom stereocenters. The Labute approximate surface area is 181 Å². The van der Waals surface area contributed by atoms with E-state index in [4.69, 9.17) is 11.6 Å².